The summed E-state index contributed by atoms with van der Waals surface area (Å²) in [7, 11) is 0. The van der Waals surface area contributed by atoms with E-state index >= 15 is 0 Å². The van der Waals surface area contributed by atoms with Gasteiger partial charge in [0.15, 0.2) is 0 Å². The smallest absolute Gasteiger partial charge is 0.0749 e. The second-order valence-electron chi connectivity index (χ2n) is 3.99. The molecule has 90 valence electrons. The van der Waals surface area contributed by atoms with E-state index in [4.69, 9.17) is 0 Å². The average Bonchev–Trinajstić information content (AvgIpc) is 2.55. The van der Waals surface area contributed by atoms with Gasteiger partial charge in [0.1, 0.15) is 0 Å². The van der Waals surface area contributed by atoms with Gasteiger partial charge in [0.25, 0.3) is 0 Å². The van der Waals surface area contributed by atoms with Crippen molar-refractivity contribution in [2.75, 3.05) is 0 Å². The van der Waals surface area contributed by atoms with Crippen molar-refractivity contribution in [2.45, 2.75) is 18.7 Å². The molecule has 4 heteroatoms. The summed E-state index contributed by atoms with van der Waals surface area (Å²) >= 11 is 12.8. The number of benzene rings is 1. The van der Waals surface area contributed by atoms with Crippen molar-refractivity contribution >= 4 is 59.1 Å². The molecule has 1 heterocycles. The molecule has 2 rings (SSSR count). The SMILES string of the molecule is Cc1cc(Br)cc(C(Br)c2sc(C)cc2Br)c1. The zero-order chi connectivity index (χ0) is 12.6. The Bertz CT molecular complexity index is 525. The van der Waals surface area contributed by atoms with Gasteiger partial charge in [-0.15, -0.1) is 11.3 Å². The van der Waals surface area contributed by atoms with Gasteiger partial charge in [0.2, 0.25) is 0 Å². The standard InChI is InChI=1S/C13H11Br3S/c1-7-3-9(6-10(14)4-7)12(16)13-11(15)5-8(2)17-13/h3-6,12H,1-2H3. The van der Waals surface area contributed by atoms with E-state index in [9.17, 15) is 0 Å². The van der Waals surface area contributed by atoms with Crippen LogP contribution in [0, 0.1) is 13.8 Å². The fraction of sp³-hybridized carbons (Fsp3) is 0.231. The third-order valence-electron chi connectivity index (χ3n) is 2.42. The molecule has 2 aromatic rings. The Morgan fingerprint density at radius 2 is 1.76 bits per heavy atom. The summed E-state index contributed by atoms with van der Waals surface area (Å²) in [6, 6.07) is 8.66. The molecule has 0 aliphatic rings. The van der Waals surface area contributed by atoms with Crippen LogP contribution in [0.4, 0.5) is 0 Å². The highest BCUT2D eigenvalue weighted by Gasteiger charge is 2.16. The van der Waals surface area contributed by atoms with E-state index in [0.29, 0.717) is 0 Å². The van der Waals surface area contributed by atoms with E-state index in [1.165, 1.54) is 25.4 Å². The topological polar surface area (TPSA) is 0 Å². The van der Waals surface area contributed by atoms with Crippen LogP contribution in [-0.2, 0) is 0 Å². The van der Waals surface area contributed by atoms with E-state index in [0.717, 1.165) is 4.47 Å². The average molecular weight is 439 g/mol. The van der Waals surface area contributed by atoms with Crippen LogP contribution in [0.3, 0.4) is 0 Å². The second kappa shape index (κ2) is 5.55. The minimum absolute atomic E-state index is 0.242. The van der Waals surface area contributed by atoms with Gasteiger partial charge in [0, 0.05) is 18.7 Å². The molecule has 0 fully saturated rings. The normalized spacial score (nSPS) is 12.8. The highest BCUT2D eigenvalue weighted by molar-refractivity contribution is 9.11. The van der Waals surface area contributed by atoms with Crippen LogP contribution in [0.25, 0.3) is 0 Å². The Labute approximate surface area is 131 Å². The Morgan fingerprint density at radius 1 is 1.06 bits per heavy atom. The van der Waals surface area contributed by atoms with Gasteiger partial charge >= 0.3 is 0 Å². The maximum absolute atomic E-state index is 3.79. The lowest BCUT2D eigenvalue weighted by atomic mass is 10.1. The maximum atomic E-state index is 3.79. The van der Waals surface area contributed by atoms with Crippen molar-refractivity contribution in [3.05, 3.63) is 54.1 Å². The number of hydrogen-bond acceptors (Lipinski definition) is 1. The van der Waals surface area contributed by atoms with Crippen LogP contribution in [-0.4, -0.2) is 0 Å². The predicted octanol–water partition coefficient (Wildman–Crippen LogP) is 6.37. The van der Waals surface area contributed by atoms with Crippen LogP contribution < -0.4 is 0 Å². The molecule has 0 spiro atoms. The van der Waals surface area contributed by atoms with Crippen molar-refractivity contribution in [3.8, 4) is 0 Å². The molecule has 1 aromatic heterocycles. The minimum Gasteiger partial charge on any atom is -0.143 e. The van der Waals surface area contributed by atoms with Gasteiger partial charge in [-0.2, -0.15) is 0 Å². The lowest BCUT2D eigenvalue weighted by Crippen LogP contribution is -1.91. The van der Waals surface area contributed by atoms with Gasteiger partial charge < -0.3 is 0 Å². The Morgan fingerprint density at radius 3 is 2.29 bits per heavy atom. The predicted molar refractivity (Wildman–Crippen MR) is 86.4 cm³/mol. The van der Waals surface area contributed by atoms with Crippen LogP contribution in [0.2, 0.25) is 0 Å². The third-order valence-corrected chi connectivity index (χ3v) is 6.20. The Kier molecular flexibility index (Phi) is 4.50. The summed E-state index contributed by atoms with van der Waals surface area (Å²) in [5.74, 6) is 0. The third kappa shape index (κ3) is 3.22. The van der Waals surface area contributed by atoms with E-state index in [2.05, 4.69) is 85.9 Å². The number of alkyl halides is 1. The first-order chi connectivity index (χ1) is 7.97. The van der Waals surface area contributed by atoms with Crippen molar-refractivity contribution in [2.24, 2.45) is 0 Å². The van der Waals surface area contributed by atoms with Gasteiger partial charge in [-0.25, -0.2) is 0 Å². The molecule has 17 heavy (non-hydrogen) atoms. The lowest BCUT2D eigenvalue weighted by molar-refractivity contribution is 1.19. The number of halogens is 3. The molecular formula is C13H11Br3S. The number of hydrogen-bond donors (Lipinski definition) is 0. The molecule has 0 saturated heterocycles. The molecule has 1 aromatic carbocycles. The molecule has 0 saturated carbocycles. The monoisotopic (exact) mass is 436 g/mol. The zero-order valence-corrected chi connectivity index (χ0v) is 15.0. The largest absolute Gasteiger partial charge is 0.143 e. The highest BCUT2D eigenvalue weighted by Crippen LogP contribution is 2.41. The van der Waals surface area contributed by atoms with Gasteiger partial charge in [-0.1, -0.05) is 37.9 Å². The molecule has 0 amide bonds. The van der Waals surface area contributed by atoms with Gasteiger partial charge in [0.05, 0.1) is 4.83 Å². The quantitative estimate of drug-likeness (QED) is 0.477. The maximum Gasteiger partial charge on any atom is 0.0749 e. The van der Waals surface area contributed by atoms with Crippen LogP contribution >= 0.6 is 59.1 Å². The summed E-state index contributed by atoms with van der Waals surface area (Å²) in [6.07, 6.45) is 0. The number of aryl methyl sites for hydroxylation is 2. The Hall–Kier alpha value is 0.360. The molecule has 0 aliphatic carbocycles. The summed E-state index contributed by atoms with van der Waals surface area (Å²) < 4.78 is 2.31. The molecular weight excluding hydrogens is 428 g/mol. The molecule has 0 aliphatic heterocycles. The number of rotatable bonds is 2. The molecule has 1 atom stereocenters. The molecule has 0 bridgehead atoms. The van der Waals surface area contributed by atoms with Gasteiger partial charge in [-0.3, -0.25) is 0 Å². The van der Waals surface area contributed by atoms with E-state index < -0.39 is 0 Å². The van der Waals surface area contributed by atoms with Crippen LogP contribution in [0.1, 0.15) is 25.7 Å². The van der Waals surface area contributed by atoms with E-state index in [1.54, 1.807) is 0 Å². The first kappa shape index (κ1) is 13.8. The molecule has 1 unspecified atom stereocenters. The summed E-state index contributed by atoms with van der Waals surface area (Å²) in [5.41, 5.74) is 2.54. The van der Waals surface area contributed by atoms with Crippen molar-refractivity contribution in [1.82, 2.24) is 0 Å². The minimum atomic E-state index is 0.242. The first-order valence-corrected chi connectivity index (χ1v) is 8.46. The first-order valence-electron chi connectivity index (χ1n) is 5.14. The van der Waals surface area contributed by atoms with Gasteiger partial charge in [-0.05, 0) is 59.1 Å². The zero-order valence-electron chi connectivity index (χ0n) is 9.43. The Balaban J connectivity index is 2.43. The molecule has 0 radical (unpaired) electrons. The summed E-state index contributed by atoms with van der Waals surface area (Å²) in [4.78, 5) is 2.88. The second-order valence-corrected chi connectivity index (χ2v) is 7.97. The van der Waals surface area contributed by atoms with E-state index in [1.807, 2.05) is 11.3 Å². The summed E-state index contributed by atoms with van der Waals surface area (Å²) in [6.45, 7) is 4.24. The molecule has 0 N–H and O–H groups in total. The van der Waals surface area contributed by atoms with Crippen molar-refractivity contribution in [3.63, 3.8) is 0 Å². The molecule has 0 nitrogen and oxygen atoms in total. The van der Waals surface area contributed by atoms with Crippen molar-refractivity contribution in [1.29, 1.82) is 0 Å². The van der Waals surface area contributed by atoms with Crippen molar-refractivity contribution < 1.29 is 0 Å². The lowest BCUT2D eigenvalue weighted by Gasteiger charge is -2.11. The van der Waals surface area contributed by atoms with Crippen LogP contribution in [0.15, 0.2) is 33.2 Å². The fourth-order valence-electron chi connectivity index (χ4n) is 1.74. The van der Waals surface area contributed by atoms with E-state index in [-0.39, 0.29) is 4.83 Å². The number of thiophene rings is 1. The highest BCUT2D eigenvalue weighted by atomic mass is 79.9. The summed E-state index contributed by atoms with van der Waals surface area (Å²) in [5, 5.41) is 0. The van der Waals surface area contributed by atoms with Crippen LogP contribution in [0.5, 0.6) is 0 Å². The fourth-order valence-corrected chi connectivity index (χ4v) is 5.35.